The molecule has 2 aromatic rings. The van der Waals surface area contributed by atoms with E-state index in [1.165, 1.54) is 10.4 Å². The SMILES string of the molecule is Cc1ccsc1-c1ccc(N(C)CCCN)nn1. The number of rotatable bonds is 5. The van der Waals surface area contributed by atoms with Crippen LogP contribution in [0.4, 0.5) is 5.82 Å². The molecule has 0 aliphatic heterocycles. The van der Waals surface area contributed by atoms with Crippen LogP contribution in [0.15, 0.2) is 23.6 Å². The van der Waals surface area contributed by atoms with E-state index in [0.717, 1.165) is 24.5 Å². The van der Waals surface area contributed by atoms with E-state index in [0.29, 0.717) is 6.54 Å². The second-order valence-electron chi connectivity index (χ2n) is 4.27. The number of thiophene rings is 1. The molecular formula is C13H18N4S. The Morgan fingerprint density at radius 1 is 1.28 bits per heavy atom. The van der Waals surface area contributed by atoms with Crippen LogP contribution >= 0.6 is 11.3 Å². The number of aromatic nitrogens is 2. The minimum absolute atomic E-state index is 0.699. The van der Waals surface area contributed by atoms with Gasteiger partial charge in [0, 0.05) is 13.6 Å². The van der Waals surface area contributed by atoms with Crippen LogP contribution in [0.2, 0.25) is 0 Å². The van der Waals surface area contributed by atoms with Gasteiger partial charge >= 0.3 is 0 Å². The zero-order chi connectivity index (χ0) is 13.0. The summed E-state index contributed by atoms with van der Waals surface area (Å²) in [6.45, 7) is 3.70. The first-order valence-corrected chi connectivity index (χ1v) is 6.89. The average molecular weight is 262 g/mol. The Balaban J connectivity index is 2.13. The summed E-state index contributed by atoms with van der Waals surface area (Å²) < 4.78 is 0. The molecule has 96 valence electrons. The highest BCUT2D eigenvalue weighted by atomic mass is 32.1. The summed E-state index contributed by atoms with van der Waals surface area (Å²) in [5.74, 6) is 0.890. The first-order chi connectivity index (χ1) is 8.72. The second kappa shape index (κ2) is 5.93. The third-order valence-electron chi connectivity index (χ3n) is 2.83. The van der Waals surface area contributed by atoms with Gasteiger partial charge in [-0.2, -0.15) is 0 Å². The molecule has 0 saturated carbocycles. The molecule has 2 heterocycles. The van der Waals surface area contributed by atoms with Crippen LogP contribution in [0.5, 0.6) is 0 Å². The summed E-state index contributed by atoms with van der Waals surface area (Å²) in [4.78, 5) is 3.27. The molecule has 0 spiro atoms. The predicted molar refractivity (Wildman–Crippen MR) is 77.0 cm³/mol. The Morgan fingerprint density at radius 2 is 2.11 bits per heavy atom. The van der Waals surface area contributed by atoms with Gasteiger partial charge in [0.2, 0.25) is 0 Å². The van der Waals surface area contributed by atoms with Crippen LogP contribution < -0.4 is 10.6 Å². The fourth-order valence-electron chi connectivity index (χ4n) is 1.73. The van der Waals surface area contributed by atoms with E-state index in [4.69, 9.17) is 5.73 Å². The summed E-state index contributed by atoms with van der Waals surface area (Å²) in [6.07, 6.45) is 0.962. The van der Waals surface area contributed by atoms with Gasteiger partial charge in [-0.3, -0.25) is 0 Å². The summed E-state index contributed by atoms with van der Waals surface area (Å²) in [5, 5.41) is 10.6. The Hall–Kier alpha value is -1.46. The van der Waals surface area contributed by atoms with Crippen molar-refractivity contribution in [3.05, 3.63) is 29.1 Å². The topological polar surface area (TPSA) is 55.0 Å². The van der Waals surface area contributed by atoms with Crippen molar-refractivity contribution in [1.29, 1.82) is 0 Å². The zero-order valence-corrected chi connectivity index (χ0v) is 11.6. The highest BCUT2D eigenvalue weighted by Crippen LogP contribution is 2.27. The van der Waals surface area contributed by atoms with Gasteiger partial charge in [-0.1, -0.05) is 0 Å². The van der Waals surface area contributed by atoms with Crippen molar-refractivity contribution in [2.75, 3.05) is 25.0 Å². The first-order valence-electron chi connectivity index (χ1n) is 6.02. The lowest BCUT2D eigenvalue weighted by molar-refractivity contribution is 0.778. The Labute approximate surface area is 111 Å². The Morgan fingerprint density at radius 3 is 2.67 bits per heavy atom. The zero-order valence-electron chi connectivity index (χ0n) is 10.8. The second-order valence-corrected chi connectivity index (χ2v) is 5.19. The van der Waals surface area contributed by atoms with E-state index in [2.05, 4.69) is 33.5 Å². The third kappa shape index (κ3) is 2.86. The van der Waals surface area contributed by atoms with Crippen molar-refractivity contribution in [2.24, 2.45) is 5.73 Å². The lowest BCUT2D eigenvalue weighted by Gasteiger charge is -2.16. The van der Waals surface area contributed by atoms with Crippen molar-refractivity contribution < 1.29 is 0 Å². The molecule has 0 aromatic carbocycles. The van der Waals surface area contributed by atoms with Gasteiger partial charge in [-0.25, -0.2) is 0 Å². The molecule has 2 rings (SSSR count). The highest BCUT2D eigenvalue weighted by Gasteiger charge is 2.07. The maximum atomic E-state index is 5.50. The molecule has 0 amide bonds. The van der Waals surface area contributed by atoms with Gasteiger partial charge in [0.15, 0.2) is 5.82 Å². The summed E-state index contributed by atoms with van der Waals surface area (Å²) in [7, 11) is 2.01. The smallest absolute Gasteiger partial charge is 0.151 e. The summed E-state index contributed by atoms with van der Waals surface area (Å²) >= 11 is 1.70. The number of aryl methyl sites for hydroxylation is 1. The van der Waals surface area contributed by atoms with Crippen molar-refractivity contribution in [1.82, 2.24) is 10.2 Å². The van der Waals surface area contributed by atoms with Crippen molar-refractivity contribution in [3.63, 3.8) is 0 Å². The minimum Gasteiger partial charge on any atom is -0.358 e. The first kappa shape index (κ1) is 13.0. The monoisotopic (exact) mass is 262 g/mol. The van der Waals surface area contributed by atoms with E-state index in [1.807, 2.05) is 19.2 Å². The predicted octanol–water partition coefficient (Wildman–Crippen LogP) is 2.30. The Kier molecular flexibility index (Phi) is 4.28. The molecule has 0 unspecified atom stereocenters. The molecule has 0 bridgehead atoms. The van der Waals surface area contributed by atoms with Gasteiger partial charge in [-0.05, 0) is 49.0 Å². The largest absolute Gasteiger partial charge is 0.358 e. The number of nitrogens with two attached hydrogens (primary N) is 1. The molecule has 4 nitrogen and oxygen atoms in total. The standard InChI is InChI=1S/C13H18N4S/c1-10-6-9-18-13(10)11-4-5-12(16-15-11)17(2)8-3-7-14/h4-6,9H,3,7-8,14H2,1-2H3. The number of hydrogen-bond donors (Lipinski definition) is 1. The van der Waals surface area contributed by atoms with Crippen molar-refractivity contribution in [3.8, 4) is 10.6 Å². The van der Waals surface area contributed by atoms with E-state index >= 15 is 0 Å². The van der Waals surface area contributed by atoms with Crippen LogP contribution in [0.1, 0.15) is 12.0 Å². The third-order valence-corrected chi connectivity index (χ3v) is 3.87. The normalized spacial score (nSPS) is 10.6. The quantitative estimate of drug-likeness (QED) is 0.898. The van der Waals surface area contributed by atoms with Gasteiger partial charge in [0.25, 0.3) is 0 Å². The lowest BCUT2D eigenvalue weighted by atomic mass is 10.2. The number of nitrogens with zero attached hydrogens (tertiary/aromatic N) is 3. The molecule has 0 radical (unpaired) electrons. The lowest BCUT2D eigenvalue weighted by Crippen LogP contribution is -2.22. The molecular weight excluding hydrogens is 244 g/mol. The van der Waals surface area contributed by atoms with Crippen molar-refractivity contribution >= 4 is 17.2 Å². The van der Waals surface area contributed by atoms with Crippen LogP contribution in [0.25, 0.3) is 10.6 Å². The molecule has 5 heteroatoms. The molecule has 18 heavy (non-hydrogen) atoms. The average Bonchev–Trinajstić information content (AvgIpc) is 2.82. The number of anilines is 1. The molecule has 0 aliphatic carbocycles. The van der Waals surface area contributed by atoms with Gasteiger partial charge < -0.3 is 10.6 Å². The summed E-state index contributed by atoms with van der Waals surface area (Å²) in [6, 6.07) is 6.14. The van der Waals surface area contributed by atoms with E-state index in [9.17, 15) is 0 Å². The van der Waals surface area contributed by atoms with Gasteiger partial charge in [-0.15, -0.1) is 21.5 Å². The fraction of sp³-hybridized carbons (Fsp3) is 0.385. The maximum absolute atomic E-state index is 5.50. The molecule has 0 fully saturated rings. The molecule has 0 aliphatic rings. The van der Waals surface area contributed by atoms with E-state index in [1.54, 1.807) is 11.3 Å². The van der Waals surface area contributed by atoms with Crippen LogP contribution in [-0.2, 0) is 0 Å². The minimum atomic E-state index is 0.699. The fourth-order valence-corrected chi connectivity index (χ4v) is 2.62. The van der Waals surface area contributed by atoms with E-state index in [-0.39, 0.29) is 0 Å². The summed E-state index contributed by atoms with van der Waals surface area (Å²) in [5.41, 5.74) is 7.69. The molecule has 0 atom stereocenters. The van der Waals surface area contributed by atoms with Crippen LogP contribution in [-0.4, -0.2) is 30.3 Å². The van der Waals surface area contributed by atoms with Crippen LogP contribution in [0, 0.1) is 6.92 Å². The van der Waals surface area contributed by atoms with Gasteiger partial charge in [0.1, 0.15) is 5.69 Å². The Bertz CT molecular complexity index is 492. The molecule has 2 N–H and O–H groups in total. The maximum Gasteiger partial charge on any atom is 0.151 e. The highest BCUT2D eigenvalue weighted by molar-refractivity contribution is 7.13. The van der Waals surface area contributed by atoms with Gasteiger partial charge in [0.05, 0.1) is 4.88 Å². The molecule has 2 aromatic heterocycles. The number of hydrogen-bond acceptors (Lipinski definition) is 5. The van der Waals surface area contributed by atoms with Crippen LogP contribution in [0.3, 0.4) is 0 Å². The molecule has 0 saturated heterocycles. The van der Waals surface area contributed by atoms with Crippen molar-refractivity contribution in [2.45, 2.75) is 13.3 Å². The van der Waals surface area contributed by atoms with E-state index < -0.39 is 0 Å².